The molecule has 0 amide bonds. The second-order valence-electron chi connectivity index (χ2n) is 4.45. The number of rotatable bonds is 2. The maximum Gasteiger partial charge on any atom is 0.124 e. The standard InChI is InChI=1S/C16H13NOS/c1-11-2-4-13(5-3-11)16-17-15(10-19-16)12-6-8-14(18)9-7-12/h2-10,18H,1H3. The average molecular weight is 267 g/mol. The Labute approximate surface area is 116 Å². The molecule has 1 heterocycles. The second-order valence-corrected chi connectivity index (χ2v) is 5.31. The first kappa shape index (κ1) is 11.9. The Morgan fingerprint density at radius 3 is 2.21 bits per heavy atom. The molecular formula is C16H13NOS. The Kier molecular flexibility index (Phi) is 3.05. The number of thiazole rings is 1. The maximum atomic E-state index is 9.29. The fraction of sp³-hybridized carbons (Fsp3) is 0.0625. The van der Waals surface area contributed by atoms with E-state index in [1.54, 1.807) is 23.5 Å². The number of hydrogen-bond acceptors (Lipinski definition) is 3. The Hall–Kier alpha value is -2.13. The van der Waals surface area contributed by atoms with E-state index in [1.165, 1.54) is 5.56 Å². The highest BCUT2D eigenvalue weighted by Gasteiger charge is 2.06. The monoisotopic (exact) mass is 267 g/mol. The number of nitrogens with zero attached hydrogens (tertiary/aromatic N) is 1. The van der Waals surface area contributed by atoms with Gasteiger partial charge >= 0.3 is 0 Å². The molecule has 2 aromatic carbocycles. The minimum Gasteiger partial charge on any atom is -0.508 e. The third-order valence-electron chi connectivity index (χ3n) is 2.97. The molecule has 0 aliphatic heterocycles. The molecule has 0 bridgehead atoms. The molecule has 94 valence electrons. The van der Waals surface area contributed by atoms with E-state index in [4.69, 9.17) is 0 Å². The van der Waals surface area contributed by atoms with Gasteiger partial charge in [-0.3, -0.25) is 0 Å². The number of aromatic nitrogens is 1. The molecule has 0 spiro atoms. The molecule has 3 heteroatoms. The largest absolute Gasteiger partial charge is 0.508 e. The number of aromatic hydroxyl groups is 1. The van der Waals surface area contributed by atoms with Crippen molar-refractivity contribution < 1.29 is 5.11 Å². The lowest BCUT2D eigenvalue weighted by Gasteiger charge is -1.98. The molecule has 0 aliphatic rings. The van der Waals surface area contributed by atoms with E-state index in [2.05, 4.69) is 36.2 Å². The molecule has 0 aliphatic carbocycles. The van der Waals surface area contributed by atoms with Crippen LogP contribution in [0.2, 0.25) is 0 Å². The second kappa shape index (κ2) is 4.86. The number of phenols is 1. The average Bonchev–Trinajstić information content (AvgIpc) is 2.90. The fourth-order valence-electron chi connectivity index (χ4n) is 1.87. The summed E-state index contributed by atoms with van der Waals surface area (Å²) in [5.74, 6) is 0.276. The Morgan fingerprint density at radius 1 is 0.895 bits per heavy atom. The molecule has 3 rings (SSSR count). The van der Waals surface area contributed by atoms with E-state index in [-0.39, 0.29) is 5.75 Å². The predicted octanol–water partition coefficient (Wildman–Crippen LogP) is 4.49. The van der Waals surface area contributed by atoms with Gasteiger partial charge in [-0.05, 0) is 31.2 Å². The lowest BCUT2D eigenvalue weighted by molar-refractivity contribution is 0.475. The molecule has 2 nitrogen and oxygen atoms in total. The van der Waals surface area contributed by atoms with E-state index in [0.29, 0.717) is 0 Å². The van der Waals surface area contributed by atoms with Gasteiger partial charge in [-0.25, -0.2) is 4.98 Å². The highest BCUT2D eigenvalue weighted by atomic mass is 32.1. The minimum absolute atomic E-state index is 0.276. The molecule has 19 heavy (non-hydrogen) atoms. The predicted molar refractivity (Wildman–Crippen MR) is 79.4 cm³/mol. The van der Waals surface area contributed by atoms with Crippen molar-refractivity contribution in [2.24, 2.45) is 0 Å². The van der Waals surface area contributed by atoms with Crippen molar-refractivity contribution in [2.45, 2.75) is 6.92 Å². The van der Waals surface area contributed by atoms with Crippen molar-refractivity contribution in [1.29, 1.82) is 0 Å². The van der Waals surface area contributed by atoms with Gasteiger partial charge in [-0.2, -0.15) is 0 Å². The number of benzene rings is 2. The van der Waals surface area contributed by atoms with Gasteiger partial charge < -0.3 is 5.11 Å². The van der Waals surface area contributed by atoms with E-state index in [9.17, 15) is 5.11 Å². The third-order valence-corrected chi connectivity index (χ3v) is 3.86. The van der Waals surface area contributed by atoms with Gasteiger partial charge in [0.05, 0.1) is 5.69 Å². The zero-order valence-electron chi connectivity index (χ0n) is 10.5. The molecule has 0 unspecified atom stereocenters. The van der Waals surface area contributed by atoms with Crippen LogP contribution < -0.4 is 0 Å². The summed E-state index contributed by atoms with van der Waals surface area (Å²) in [6, 6.07) is 15.5. The lowest BCUT2D eigenvalue weighted by atomic mass is 10.1. The summed E-state index contributed by atoms with van der Waals surface area (Å²) >= 11 is 1.63. The van der Waals surface area contributed by atoms with Crippen molar-refractivity contribution in [3.8, 4) is 27.6 Å². The van der Waals surface area contributed by atoms with Gasteiger partial charge in [-0.15, -0.1) is 11.3 Å². The van der Waals surface area contributed by atoms with Crippen LogP contribution in [0.25, 0.3) is 21.8 Å². The maximum absolute atomic E-state index is 9.29. The molecule has 3 aromatic rings. The molecule has 1 aromatic heterocycles. The van der Waals surface area contributed by atoms with E-state index in [0.717, 1.165) is 21.8 Å². The summed E-state index contributed by atoms with van der Waals surface area (Å²) in [6.07, 6.45) is 0. The van der Waals surface area contributed by atoms with Crippen LogP contribution in [0.5, 0.6) is 5.75 Å². The minimum atomic E-state index is 0.276. The van der Waals surface area contributed by atoms with Crippen molar-refractivity contribution in [2.75, 3.05) is 0 Å². The van der Waals surface area contributed by atoms with Crippen LogP contribution in [-0.4, -0.2) is 10.1 Å². The van der Waals surface area contributed by atoms with Crippen LogP contribution >= 0.6 is 11.3 Å². The van der Waals surface area contributed by atoms with Crippen LogP contribution in [0.15, 0.2) is 53.9 Å². The first-order chi connectivity index (χ1) is 9.22. The van der Waals surface area contributed by atoms with Crippen molar-refractivity contribution >= 4 is 11.3 Å². The SMILES string of the molecule is Cc1ccc(-c2nc(-c3ccc(O)cc3)cs2)cc1. The molecule has 0 atom stereocenters. The fourth-order valence-corrected chi connectivity index (χ4v) is 2.70. The van der Waals surface area contributed by atoms with E-state index < -0.39 is 0 Å². The first-order valence-electron chi connectivity index (χ1n) is 6.04. The number of hydrogen-bond donors (Lipinski definition) is 1. The van der Waals surface area contributed by atoms with Crippen molar-refractivity contribution in [3.05, 3.63) is 59.5 Å². The zero-order valence-corrected chi connectivity index (χ0v) is 11.3. The van der Waals surface area contributed by atoms with Gasteiger partial charge in [0.1, 0.15) is 10.8 Å². The highest BCUT2D eigenvalue weighted by molar-refractivity contribution is 7.13. The topological polar surface area (TPSA) is 33.1 Å². The lowest BCUT2D eigenvalue weighted by Crippen LogP contribution is -1.80. The van der Waals surface area contributed by atoms with Crippen LogP contribution in [-0.2, 0) is 0 Å². The summed E-state index contributed by atoms with van der Waals surface area (Å²) in [5.41, 5.74) is 4.35. The Bertz CT molecular complexity index is 624. The number of aryl methyl sites for hydroxylation is 1. The van der Waals surface area contributed by atoms with Crippen molar-refractivity contribution in [1.82, 2.24) is 4.98 Å². The van der Waals surface area contributed by atoms with Crippen LogP contribution in [0.1, 0.15) is 5.56 Å². The molecular weight excluding hydrogens is 254 g/mol. The van der Waals surface area contributed by atoms with Gasteiger partial charge in [0, 0.05) is 16.5 Å². The highest BCUT2D eigenvalue weighted by Crippen LogP contribution is 2.29. The summed E-state index contributed by atoms with van der Waals surface area (Å²) in [4.78, 5) is 4.65. The summed E-state index contributed by atoms with van der Waals surface area (Å²) in [6.45, 7) is 2.08. The van der Waals surface area contributed by atoms with Gasteiger partial charge in [0.15, 0.2) is 0 Å². The molecule has 1 N–H and O–H groups in total. The van der Waals surface area contributed by atoms with Gasteiger partial charge in [-0.1, -0.05) is 29.8 Å². The summed E-state index contributed by atoms with van der Waals surface area (Å²) in [5, 5.41) is 12.4. The summed E-state index contributed by atoms with van der Waals surface area (Å²) in [7, 11) is 0. The van der Waals surface area contributed by atoms with E-state index in [1.807, 2.05) is 17.5 Å². The normalized spacial score (nSPS) is 10.6. The Morgan fingerprint density at radius 2 is 1.53 bits per heavy atom. The smallest absolute Gasteiger partial charge is 0.124 e. The van der Waals surface area contributed by atoms with Gasteiger partial charge in [0.25, 0.3) is 0 Å². The Balaban J connectivity index is 1.95. The van der Waals surface area contributed by atoms with Crippen LogP contribution in [0, 0.1) is 6.92 Å². The molecule has 0 fully saturated rings. The molecule has 0 saturated heterocycles. The first-order valence-corrected chi connectivity index (χ1v) is 6.92. The summed E-state index contributed by atoms with van der Waals surface area (Å²) < 4.78 is 0. The number of phenolic OH excluding ortho intramolecular Hbond substituents is 1. The zero-order chi connectivity index (χ0) is 13.2. The van der Waals surface area contributed by atoms with Crippen molar-refractivity contribution in [3.63, 3.8) is 0 Å². The van der Waals surface area contributed by atoms with Crippen LogP contribution in [0.3, 0.4) is 0 Å². The third kappa shape index (κ3) is 2.51. The van der Waals surface area contributed by atoms with E-state index >= 15 is 0 Å². The molecule has 0 radical (unpaired) electrons. The van der Waals surface area contributed by atoms with Crippen LogP contribution in [0.4, 0.5) is 0 Å². The molecule has 0 saturated carbocycles. The van der Waals surface area contributed by atoms with Gasteiger partial charge in [0.2, 0.25) is 0 Å². The quantitative estimate of drug-likeness (QED) is 0.742.